The molecule has 10 nitrogen and oxygen atoms in total. The number of azo groups is 1. The van der Waals surface area contributed by atoms with Gasteiger partial charge in [-0.05, 0) is 28.9 Å². The molecule has 0 atom stereocenters. The molecule has 2 heterocycles. The number of imide groups is 1. The molecule has 11 heteroatoms. The molecule has 0 fully saturated rings. The average Bonchev–Trinajstić information content (AvgIpc) is 2.91. The van der Waals surface area contributed by atoms with Crippen LogP contribution < -0.4 is 5.56 Å². The molecule has 0 spiro atoms. The molecule has 0 bridgehead atoms. The first kappa shape index (κ1) is 19.9. The molecule has 2 amide bonds. The van der Waals surface area contributed by atoms with Crippen LogP contribution >= 0.6 is 15.9 Å². The molecule has 3 rings (SSSR count). The zero-order valence-corrected chi connectivity index (χ0v) is 16.9. The largest absolute Gasteiger partial charge is 0.493 e. The van der Waals surface area contributed by atoms with Gasteiger partial charge in [-0.1, -0.05) is 0 Å². The topological polar surface area (TPSA) is 152 Å². The summed E-state index contributed by atoms with van der Waals surface area (Å²) in [6.07, 6.45) is 0. The predicted molar refractivity (Wildman–Crippen MR) is 102 cm³/mol. The van der Waals surface area contributed by atoms with E-state index in [1.807, 2.05) is 6.07 Å². The second kappa shape index (κ2) is 6.96. The van der Waals surface area contributed by atoms with Crippen LogP contribution in [-0.2, 0) is 7.05 Å². The van der Waals surface area contributed by atoms with Gasteiger partial charge in [-0.3, -0.25) is 23.9 Å². The number of carbonyl (C=O) groups is 2. The number of fused-ring (bicyclic) bond motifs is 1. The Hall–Kier alpha value is -3.83. The Morgan fingerprint density at radius 3 is 2.28 bits per heavy atom. The van der Waals surface area contributed by atoms with Gasteiger partial charge in [0.05, 0.1) is 21.2 Å². The first-order valence-corrected chi connectivity index (χ1v) is 8.78. The van der Waals surface area contributed by atoms with Crippen molar-refractivity contribution in [2.75, 3.05) is 7.05 Å². The summed E-state index contributed by atoms with van der Waals surface area (Å²) >= 11 is 3.21. The molecule has 1 N–H and O–H groups in total. The van der Waals surface area contributed by atoms with Gasteiger partial charge in [0.25, 0.3) is 17.4 Å². The molecule has 1 aromatic heterocycles. The molecule has 0 radical (unpaired) electrons. The van der Waals surface area contributed by atoms with E-state index in [9.17, 15) is 30.0 Å². The van der Waals surface area contributed by atoms with Crippen LogP contribution in [0.25, 0.3) is 0 Å². The maximum Gasteiger partial charge on any atom is 0.271 e. The SMILES string of the molecule is Cc1c(/N=N/c2c(C#N)cc3c(c2Br)C(=O)N(C)C3=O)c(O)n(C)c(=O)c1C#N. The van der Waals surface area contributed by atoms with Crippen molar-refractivity contribution in [3.05, 3.63) is 48.7 Å². The van der Waals surface area contributed by atoms with Crippen LogP contribution in [0.4, 0.5) is 11.4 Å². The molecular formula is C18H11BrN6O4. The van der Waals surface area contributed by atoms with E-state index in [-0.39, 0.29) is 43.7 Å². The van der Waals surface area contributed by atoms with E-state index in [0.717, 1.165) is 9.47 Å². The van der Waals surface area contributed by atoms with Crippen molar-refractivity contribution >= 4 is 39.1 Å². The summed E-state index contributed by atoms with van der Waals surface area (Å²) in [4.78, 5) is 37.5. The van der Waals surface area contributed by atoms with E-state index in [2.05, 4.69) is 26.2 Å². The first-order chi connectivity index (χ1) is 13.6. The summed E-state index contributed by atoms with van der Waals surface area (Å²) in [5.41, 5.74) is -0.886. The highest BCUT2D eigenvalue weighted by molar-refractivity contribution is 9.10. The number of halogens is 1. The fourth-order valence-corrected chi connectivity index (χ4v) is 3.54. The number of nitrogens with zero attached hydrogens (tertiary/aromatic N) is 6. The molecule has 2 aromatic rings. The Kier molecular flexibility index (Phi) is 4.78. The van der Waals surface area contributed by atoms with E-state index < -0.39 is 23.3 Å². The third-order valence-electron chi connectivity index (χ3n) is 4.55. The quantitative estimate of drug-likeness (QED) is 0.543. The van der Waals surface area contributed by atoms with Gasteiger partial charge >= 0.3 is 0 Å². The van der Waals surface area contributed by atoms with Gasteiger partial charge in [-0.15, -0.1) is 10.2 Å². The van der Waals surface area contributed by atoms with Crippen molar-refractivity contribution in [2.45, 2.75) is 6.92 Å². The lowest BCUT2D eigenvalue weighted by Crippen LogP contribution is -2.24. The Bertz CT molecular complexity index is 1300. The van der Waals surface area contributed by atoms with E-state index >= 15 is 0 Å². The summed E-state index contributed by atoms with van der Waals surface area (Å²) < 4.78 is 0.945. The van der Waals surface area contributed by atoms with Crippen LogP contribution in [-0.4, -0.2) is 33.4 Å². The minimum Gasteiger partial charge on any atom is -0.493 e. The number of aromatic nitrogens is 1. The van der Waals surface area contributed by atoms with E-state index in [4.69, 9.17) is 0 Å². The lowest BCUT2D eigenvalue weighted by molar-refractivity contribution is 0.0693. The predicted octanol–water partition coefficient (Wildman–Crippen LogP) is 2.55. The first-order valence-electron chi connectivity index (χ1n) is 7.99. The number of nitriles is 2. The zero-order chi connectivity index (χ0) is 21.6. The molecule has 1 aromatic carbocycles. The lowest BCUT2D eigenvalue weighted by atomic mass is 10.0. The second-order valence-electron chi connectivity index (χ2n) is 6.14. The fourth-order valence-electron chi connectivity index (χ4n) is 2.86. The Morgan fingerprint density at radius 2 is 1.69 bits per heavy atom. The Balaban J connectivity index is 2.26. The van der Waals surface area contributed by atoms with Gasteiger partial charge in [0.2, 0.25) is 5.88 Å². The summed E-state index contributed by atoms with van der Waals surface area (Å²) in [5.74, 6) is -1.63. The standard InChI is InChI=1S/C18H11BrN6O4/c1-7-10(6-21)16(27)25(3)18(29)13(7)22-23-14-8(5-20)4-9-11(12(14)19)17(28)24(2)15(9)26/h4,29H,1-3H3/b23-22+. The summed E-state index contributed by atoms with van der Waals surface area (Å²) in [6.45, 7) is 1.42. The number of hydrogen-bond donors (Lipinski definition) is 1. The van der Waals surface area contributed by atoms with Gasteiger partial charge in [-0.2, -0.15) is 10.5 Å². The molecule has 0 aliphatic carbocycles. The number of carbonyl (C=O) groups excluding carboxylic acids is 2. The summed E-state index contributed by atoms with van der Waals surface area (Å²) in [5, 5.41) is 36.8. The normalized spacial score (nSPS) is 13.0. The van der Waals surface area contributed by atoms with Crippen LogP contribution in [0.1, 0.15) is 37.4 Å². The third-order valence-corrected chi connectivity index (χ3v) is 5.33. The van der Waals surface area contributed by atoms with Crippen molar-refractivity contribution in [3.8, 4) is 18.0 Å². The zero-order valence-electron chi connectivity index (χ0n) is 15.3. The number of benzene rings is 1. The molecule has 0 saturated carbocycles. The van der Waals surface area contributed by atoms with Crippen LogP contribution in [0.5, 0.6) is 5.88 Å². The number of pyridine rings is 1. The van der Waals surface area contributed by atoms with Crippen molar-refractivity contribution in [1.82, 2.24) is 9.47 Å². The van der Waals surface area contributed by atoms with E-state index in [0.29, 0.717) is 0 Å². The van der Waals surface area contributed by atoms with E-state index in [1.54, 1.807) is 6.07 Å². The van der Waals surface area contributed by atoms with Gasteiger partial charge in [0, 0.05) is 19.7 Å². The smallest absolute Gasteiger partial charge is 0.271 e. The van der Waals surface area contributed by atoms with Gasteiger partial charge in [-0.25, -0.2) is 0 Å². The molecule has 0 saturated heterocycles. The van der Waals surface area contributed by atoms with Crippen LogP contribution in [0.2, 0.25) is 0 Å². The average molecular weight is 455 g/mol. The van der Waals surface area contributed by atoms with Crippen LogP contribution in [0.3, 0.4) is 0 Å². The molecular weight excluding hydrogens is 444 g/mol. The number of aromatic hydroxyl groups is 1. The van der Waals surface area contributed by atoms with Gasteiger partial charge < -0.3 is 5.11 Å². The number of rotatable bonds is 2. The van der Waals surface area contributed by atoms with E-state index in [1.165, 1.54) is 27.1 Å². The summed E-state index contributed by atoms with van der Waals surface area (Å²) in [6, 6.07) is 4.89. The van der Waals surface area contributed by atoms with Gasteiger partial charge in [0.1, 0.15) is 23.4 Å². The highest BCUT2D eigenvalue weighted by atomic mass is 79.9. The minimum atomic E-state index is -0.690. The fraction of sp³-hybridized carbons (Fsp3) is 0.167. The molecule has 1 aliphatic heterocycles. The van der Waals surface area contributed by atoms with Crippen molar-refractivity contribution in [2.24, 2.45) is 17.3 Å². The highest BCUT2D eigenvalue weighted by Crippen LogP contribution is 2.40. The number of hydrogen-bond acceptors (Lipinski definition) is 8. The second-order valence-corrected chi connectivity index (χ2v) is 6.93. The van der Waals surface area contributed by atoms with Crippen LogP contribution in [0.15, 0.2) is 25.6 Å². The van der Waals surface area contributed by atoms with Crippen molar-refractivity contribution in [3.63, 3.8) is 0 Å². The number of amides is 2. The maximum absolute atomic E-state index is 12.3. The van der Waals surface area contributed by atoms with Crippen molar-refractivity contribution < 1.29 is 14.7 Å². The maximum atomic E-state index is 12.3. The third kappa shape index (κ3) is 2.80. The molecule has 29 heavy (non-hydrogen) atoms. The molecule has 144 valence electrons. The molecule has 0 unspecified atom stereocenters. The highest BCUT2D eigenvalue weighted by Gasteiger charge is 2.37. The Labute approximate surface area is 172 Å². The minimum absolute atomic E-state index is 0.0294. The lowest BCUT2D eigenvalue weighted by Gasteiger charge is -2.09. The van der Waals surface area contributed by atoms with Crippen molar-refractivity contribution in [1.29, 1.82) is 10.5 Å². The monoisotopic (exact) mass is 454 g/mol. The Morgan fingerprint density at radius 1 is 1.07 bits per heavy atom. The van der Waals surface area contributed by atoms with Crippen LogP contribution in [0, 0.1) is 29.6 Å². The van der Waals surface area contributed by atoms with Gasteiger partial charge in [0.15, 0.2) is 5.69 Å². The summed E-state index contributed by atoms with van der Waals surface area (Å²) in [7, 11) is 2.59. The molecule has 1 aliphatic rings.